The largest absolute Gasteiger partial charge is 0.574 e. The molecule has 0 fully saturated rings. The second kappa shape index (κ2) is 4.70. The number of alkyl halides is 4. The van der Waals surface area contributed by atoms with Crippen molar-refractivity contribution < 1.29 is 27.2 Å². The molecule has 5 nitrogen and oxygen atoms in total. The minimum absolute atomic E-state index is 0.446. The Labute approximate surface area is 96.1 Å². The molecule has 94 valence electrons. The SMILES string of the molecule is O=[N+]([O-])c1cnc(OC(F)(F)F)c(F)c1CCl. The molecule has 1 heterocycles. The summed E-state index contributed by atoms with van der Waals surface area (Å²) < 4.78 is 52.1. The van der Waals surface area contributed by atoms with Crippen LogP contribution >= 0.6 is 11.6 Å². The molecule has 0 aliphatic heterocycles. The minimum Gasteiger partial charge on any atom is -0.385 e. The number of pyridine rings is 1. The van der Waals surface area contributed by atoms with Gasteiger partial charge in [0.2, 0.25) is 0 Å². The van der Waals surface area contributed by atoms with E-state index in [0.29, 0.717) is 6.20 Å². The molecule has 1 rings (SSSR count). The number of hydrogen-bond acceptors (Lipinski definition) is 4. The number of nitrogens with zero attached hydrogens (tertiary/aromatic N) is 2. The summed E-state index contributed by atoms with van der Waals surface area (Å²) in [6.07, 6.45) is -4.70. The summed E-state index contributed by atoms with van der Waals surface area (Å²) in [5.41, 5.74) is -1.53. The van der Waals surface area contributed by atoms with Crippen molar-refractivity contribution in [1.82, 2.24) is 4.98 Å². The fourth-order valence-corrected chi connectivity index (χ4v) is 1.22. The van der Waals surface area contributed by atoms with Crippen LogP contribution in [-0.2, 0) is 5.88 Å². The monoisotopic (exact) mass is 274 g/mol. The molecule has 0 aliphatic rings. The highest BCUT2D eigenvalue weighted by Crippen LogP contribution is 2.30. The lowest BCUT2D eigenvalue weighted by atomic mass is 10.2. The third kappa shape index (κ3) is 3.16. The van der Waals surface area contributed by atoms with Crippen LogP contribution in [0.4, 0.5) is 23.2 Å². The fraction of sp³-hybridized carbons (Fsp3) is 0.286. The van der Waals surface area contributed by atoms with Crippen LogP contribution < -0.4 is 4.74 Å². The second-order valence-corrected chi connectivity index (χ2v) is 2.95. The lowest BCUT2D eigenvalue weighted by molar-refractivity contribution is -0.386. The van der Waals surface area contributed by atoms with Crippen molar-refractivity contribution in [3.05, 3.63) is 27.7 Å². The van der Waals surface area contributed by atoms with E-state index >= 15 is 0 Å². The molecule has 0 spiro atoms. The van der Waals surface area contributed by atoms with Crippen LogP contribution in [0.25, 0.3) is 0 Å². The molecule has 0 aliphatic carbocycles. The molecule has 1 aromatic rings. The van der Waals surface area contributed by atoms with Gasteiger partial charge in [-0.25, -0.2) is 9.37 Å². The summed E-state index contributed by atoms with van der Waals surface area (Å²) in [5.74, 6) is -3.69. The zero-order chi connectivity index (χ0) is 13.2. The number of halogens is 5. The molecule has 0 bridgehead atoms. The first-order chi connectivity index (χ1) is 7.76. The third-order valence-corrected chi connectivity index (χ3v) is 1.88. The van der Waals surface area contributed by atoms with E-state index in [9.17, 15) is 27.7 Å². The van der Waals surface area contributed by atoms with E-state index in [1.165, 1.54) is 0 Å². The normalized spacial score (nSPS) is 11.4. The Hall–Kier alpha value is -1.64. The van der Waals surface area contributed by atoms with Crippen LogP contribution in [0.3, 0.4) is 0 Å². The van der Waals surface area contributed by atoms with Crippen molar-refractivity contribution in [1.29, 1.82) is 0 Å². The van der Waals surface area contributed by atoms with Gasteiger partial charge in [0, 0.05) is 0 Å². The average Bonchev–Trinajstić information content (AvgIpc) is 2.18. The number of aromatic nitrogens is 1. The van der Waals surface area contributed by atoms with Gasteiger partial charge in [-0.15, -0.1) is 24.8 Å². The molecule has 0 N–H and O–H groups in total. The highest BCUT2D eigenvalue weighted by Gasteiger charge is 2.35. The van der Waals surface area contributed by atoms with Gasteiger partial charge < -0.3 is 4.74 Å². The van der Waals surface area contributed by atoms with Crippen molar-refractivity contribution in [3.63, 3.8) is 0 Å². The summed E-state index contributed by atoms with van der Waals surface area (Å²) >= 11 is 5.22. The molecule has 0 saturated carbocycles. The second-order valence-electron chi connectivity index (χ2n) is 2.68. The van der Waals surface area contributed by atoms with Gasteiger partial charge in [0.15, 0.2) is 5.82 Å². The van der Waals surface area contributed by atoms with Gasteiger partial charge in [-0.05, 0) is 0 Å². The van der Waals surface area contributed by atoms with Gasteiger partial charge in [-0.3, -0.25) is 10.1 Å². The van der Waals surface area contributed by atoms with Crippen LogP contribution in [0.2, 0.25) is 0 Å². The Morgan fingerprint density at radius 3 is 2.53 bits per heavy atom. The van der Waals surface area contributed by atoms with Crippen molar-refractivity contribution in [2.75, 3.05) is 0 Å². The number of rotatable bonds is 3. The van der Waals surface area contributed by atoms with Gasteiger partial charge in [-0.2, -0.15) is 0 Å². The maximum absolute atomic E-state index is 13.3. The molecule has 0 amide bonds. The van der Waals surface area contributed by atoms with Gasteiger partial charge in [0.1, 0.15) is 6.20 Å². The quantitative estimate of drug-likeness (QED) is 0.368. The van der Waals surface area contributed by atoms with E-state index in [1.54, 1.807) is 0 Å². The highest BCUT2D eigenvalue weighted by molar-refractivity contribution is 6.17. The summed E-state index contributed by atoms with van der Waals surface area (Å²) in [5, 5.41) is 10.4. The maximum Gasteiger partial charge on any atom is 0.574 e. The van der Waals surface area contributed by atoms with E-state index in [-0.39, 0.29) is 0 Å². The smallest absolute Gasteiger partial charge is 0.385 e. The summed E-state index contributed by atoms with van der Waals surface area (Å²) in [6, 6.07) is 0. The molecule has 0 aromatic carbocycles. The van der Waals surface area contributed by atoms with Gasteiger partial charge in [0.25, 0.3) is 11.6 Å². The first-order valence-corrected chi connectivity index (χ1v) is 4.43. The van der Waals surface area contributed by atoms with Crippen LogP contribution in [0.5, 0.6) is 5.88 Å². The molecular weight excluding hydrogens is 272 g/mol. The first kappa shape index (κ1) is 13.4. The Morgan fingerprint density at radius 1 is 1.53 bits per heavy atom. The van der Waals surface area contributed by atoms with Crippen molar-refractivity contribution in [2.24, 2.45) is 0 Å². The summed E-state index contributed by atoms with van der Waals surface area (Å²) in [6.45, 7) is 0. The molecule has 17 heavy (non-hydrogen) atoms. The molecule has 1 aromatic heterocycles. The van der Waals surface area contributed by atoms with Gasteiger partial charge in [0.05, 0.1) is 16.4 Å². The van der Waals surface area contributed by atoms with Gasteiger partial charge in [-0.1, -0.05) is 0 Å². The van der Waals surface area contributed by atoms with E-state index < -0.39 is 40.1 Å². The molecule has 0 atom stereocenters. The number of ether oxygens (including phenoxy) is 1. The summed E-state index contributed by atoms with van der Waals surface area (Å²) in [7, 11) is 0. The molecular formula is C7H3ClF4N2O3. The molecule has 0 unspecified atom stereocenters. The van der Waals surface area contributed by atoms with Crippen LogP contribution in [0.15, 0.2) is 6.20 Å². The average molecular weight is 275 g/mol. The van der Waals surface area contributed by atoms with Crippen molar-refractivity contribution in [2.45, 2.75) is 12.2 Å². The van der Waals surface area contributed by atoms with E-state index in [1.807, 2.05) is 0 Å². The van der Waals surface area contributed by atoms with Crippen molar-refractivity contribution in [3.8, 4) is 5.88 Å². The molecule has 0 saturated heterocycles. The van der Waals surface area contributed by atoms with Crippen molar-refractivity contribution >= 4 is 17.3 Å². The van der Waals surface area contributed by atoms with Crippen LogP contribution in [0, 0.1) is 15.9 Å². The standard InChI is InChI=1S/C7H3ClF4N2O3/c8-1-3-4(14(15)16)2-13-6(5(3)9)17-7(10,11)12/h2H,1H2. The third-order valence-electron chi connectivity index (χ3n) is 1.61. The maximum atomic E-state index is 13.3. The molecule has 10 heteroatoms. The Balaban J connectivity index is 3.25. The zero-order valence-corrected chi connectivity index (χ0v) is 8.55. The predicted molar refractivity (Wildman–Crippen MR) is 47.1 cm³/mol. The minimum atomic E-state index is -5.15. The van der Waals surface area contributed by atoms with E-state index in [2.05, 4.69) is 9.72 Å². The zero-order valence-electron chi connectivity index (χ0n) is 7.79. The van der Waals surface area contributed by atoms with Crippen LogP contribution in [0.1, 0.15) is 5.56 Å². The number of hydrogen-bond donors (Lipinski definition) is 0. The van der Waals surface area contributed by atoms with E-state index in [4.69, 9.17) is 11.6 Å². The summed E-state index contributed by atoms with van der Waals surface area (Å²) in [4.78, 5) is 12.3. The lowest BCUT2D eigenvalue weighted by Crippen LogP contribution is -2.19. The highest BCUT2D eigenvalue weighted by atomic mass is 35.5. The number of nitro groups is 1. The Kier molecular flexibility index (Phi) is 3.71. The Bertz CT molecular complexity index is 451. The first-order valence-electron chi connectivity index (χ1n) is 3.89. The van der Waals surface area contributed by atoms with E-state index in [0.717, 1.165) is 0 Å². The lowest BCUT2D eigenvalue weighted by Gasteiger charge is -2.09. The Morgan fingerprint density at radius 2 is 2.12 bits per heavy atom. The predicted octanol–water partition coefficient (Wildman–Crippen LogP) is 2.77. The van der Waals surface area contributed by atoms with Crippen LogP contribution in [-0.4, -0.2) is 16.3 Å². The fourth-order valence-electron chi connectivity index (χ4n) is 0.961. The molecule has 0 radical (unpaired) electrons. The topological polar surface area (TPSA) is 65.3 Å². The van der Waals surface area contributed by atoms with Gasteiger partial charge >= 0.3 is 6.36 Å².